The summed E-state index contributed by atoms with van der Waals surface area (Å²) in [7, 11) is 0. The zero-order chi connectivity index (χ0) is 39.8. The number of fused-ring (bicyclic) bond motifs is 4. The molecule has 1 aromatic heterocycles. The maximum Gasteiger partial charge on any atom is 0.137 e. The highest BCUT2D eigenvalue weighted by atomic mass is 16.3. The van der Waals surface area contributed by atoms with Crippen LogP contribution in [-0.4, -0.2) is 0 Å². The minimum Gasteiger partial charge on any atom is -0.456 e. The molecule has 0 amide bonds. The molecule has 0 atom stereocenters. The highest BCUT2D eigenvalue weighted by Crippen LogP contribution is 2.44. The average molecular weight is 766 g/mol. The van der Waals surface area contributed by atoms with E-state index in [0.29, 0.717) is 0 Å². The monoisotopic (exact) mass is 765 g/mol. The van der Waals surface area contributed by atoms with Gasteiger partial charge < -0.3 is 9.32 Å². The van der Waals surface area contributed by atoms with Crippen molar-refractivity contribution in [1.82, 2.24) is 0 Å². The Morgan fingerprint density at radius 2 is 0.750 bits per heavy atom. The quantitative estimate of drug-likeness (QED) is 0.153. The van der Waals surface area contributed by atoms with Gasteiger partial charge in [-0.2, -0.15) is 0 Å². The van der Waals surface area contributed by atoms with Crippen molar-refractivity contribution in [3.05, 3.63) is 237 Å². The summed E-state index contributed by atoms with van der Waals surface area (Å²) in [6.07, 6.45) is 0. The molecule has 60 heavy (non-hydrogen) atoms. The van der Waals surface area contributed by atoms with Crippen LogP contribution in [-0.2, 0) is 0 Å². The molecule has 0 aliphatic rings. The van der Waals surface area contributed by atoms with Crippen molar-refractivity contribution in [3.63, 3.8) is 0 Å². The molecule has 282 valence electrons. The van der Waals surface area contributed by atoms with Gasteiger partial charge in [0, 0.05) is 33.8 Å². The van der Waals surface area contributed by atoms with Gasteiger partial charge in [-0.15, -0.1) is 0 Å². The Bertz CT molecular complexity index is 3250. The van der Waals surface area contributed by atoms with Gasteiger partial charge in [-0.3, -0.25) is 0 Å². The molecule has 0 radical (unpaired) electrons. The summed E-state index contributed by atoms with van der Waals surface area (Å²) >= 11 is 0. The lowest BCUT2D eigenvalue weighted by Crippen LogP contribution is -2.11. The second-order valence-corrected chi connectivity index (χ2v) is 15.3. The maximum atomic E-state index is 6.48. The highest BCUT2D eigenvalue weighted by molar-refractivity contribution is 6.06. The predicted molar refractivity (Wildman–Crippen MR) is 253 cm³/mol. The van der Waals surface area contributed by atoms with E-state index in [9.17, 15) is 0 Å². The fourth-order valence-electron chi connectivity index (χ4n) is 8.72. The molecule has 10 aromatic carbocycles. The Labute approximate surface area is 349 Å². The van der Waals surface area contributed by atoms with Crippen LogP contribution in [0, 0.1) is 0 Å². The predicted octanol–water partition coefficient (Wildman–Crippen LogP) is 16.5. The molecule has 0 bridgehead atoms. The van der Waals surface area contributed by atoms with Crippen LogP contribution in [0.15, 0.2) is 241 Å². The molecular weight excluding hydrogens is 727 g/mol. The number of benzene rings is 10. The Morgan fingerprint density at radius 1 is 0.267 bits per heavy atom. The normalized spacial score (nSPS) is 11.3. The number of hydrogen-bond acceptors (Lipinski definition) is 2. The first kappa shape index (κ1) is 35.2. The van der Waals surface area contributed by atoms with Crippen molar-refractivity contribution in [1.29, 1.82) is 0 Å². The van der Waals surface area contributed by atoms with Crippen molar-refractivity contribution < 1.29 is 4.42 Å². The third kappa shape index (κ3) is 6.51. The standard InChI is InChI=1S/C58H39NO/c1-3-15-40(16-4-1)46-36-47(41-17-5-2-6-18-41)38-48(37-46)42-29-31-49(32-30-42)59(50-33-34-55-54-25-10-12-28-57(54)60-58(55)39-50)56-27-11-9-24-53(56)45-22-13-21-44(35-45)52-26-14-20-43-19-7-8-23-51(43)52/h1-39H. The van der Waals surface area contributed by atoms with Gasteiger partial charge in [0.05, 0.1) is 5.69 Å². The van der Waals surface area contributed by atoms with Crippen LogP contribution in [0.2, 0.25) is 0 Å². The zero-order valence-corrected chi connectivity index (χ0v) is 32.9. The Morgan fingerprint density at radius 3 is 1.48 bits per heavy atom. The van der Waals surface area contributed by atoms with Crippen molar-refractivity contribution in [2.75, 3.05) is 4.90 Å². The lowest BCUT2D eigenvalue weighted by molar-refractivity contribution is 0.669. The van der Waals surface area contributed by atoms with E-state index in [1.165, 1.54) is 49.7 Å². The van der Waals surface area contributed by atoms with E-state index in [1.54, 1.807) is 0 Å². The molecule has 0 fully saturated rings. The topological polar surface area (TPSA) is 16.4 Å². The van der Waals surface area contributed by atoms with Gasteiger partial charge in [-0.05, 0) is 122 Å². The minimum absolute atomic E-state index is 0.858. The number of nitrogens with zero attached hydrogens (tertiary/aromatic N) is 1. The molecule has 11 rings (SSSR count). The van der Waals surface area contributed by atoms with Crippen LogP contribution >= 0.6 is 0 Å². The average Bonchev–Trinajstić information content (AvgIpc) is 3.70. The van der Waals surface area contributed by atoms with E-state index >= 15 is 0 Å². The molecule has 0 spiro atoms. The highest BCUT2D eigenvalue weighted by Gasteiger charge is 2.20. The fourth-order valence-corrected chi connectivity index (χ4v) is 8.72. The van der Waals surface area contributed by atoms with Crippen LogP contribution in [0.4, 0.5) is 17.1 Å². The van der Waals surface area contributed by atoms with Gasteiger partial charge in [0.25, 0.3) is 0 Å². The van der Waals surface area contributed by atoms with Gasteiger partial charge in [0.2, 0.25) is 0 Å². The van der Waals surface area contributed by atoms with Crippen LogP contribution < -0.4 is 4.90 Å². The lowest BCUT2D eigenvalue weighted by Gasteiger charge is -2.28. The first-order valence-electron chi connectivity index (χ1n) is 20.5. The van der Waals surface area contributed by atoms with E-state index in [1.807, 2.05) is 12.1 Å². The molecule has 1 heterocycles. The molecule has 0 unspecified atom stereocenters. The van der Waals surface area contributed by atoms with E-state index in [0.717, 1.165) is 55.7 Å². The fraction of sp³-hybridized carbons (Fsp3) is 0. The number of rotatable bonds is 8. The van der Waals surface area contributed by atoms with Crippen molar-refractivity contribution in [3.8, 4) is 55.6 Å². The van der Waals surface area contributed by atoms with Crippen LogP contribution in [0.25, 0.3) is 88.3 Å². The summed E-state index contributed by atoms with van der Waals surface area (Å²) in [5.41, 5.74) is 16.7. The largest absolute Gasteiger partial charge is 0.456 e. The second kappa shape index (κ2) is 15.1. The molecule has 2 heteroatoms. The van der Waals surface area contributed by atoms with E-state index in [-0.39, 0.29) is 0 Å². The van der Waals surface area contributed by atoms with E-state index in [2.05, 4.69) is 229 Å². The molecule has 0 aliphatic carbocycles. The number of furan rings is 1. The minimum atomic E-state index is 0.858. The lowest BCUT2D eigenvalue weighted by atomic mass is 9.93. The summed E-state index contributed by atoms with van der Waals surface area (Å²) in [6.45, 7) is 0. The summed E-state index contributed by atoms with van der Waals surface area (Å²) in [4.78, 5) is 2.37. The van der Waals surface area contributed by atoms with Crippen molar-refractivity contribution in [2.45, 2.75) is 0 Å². The first-order valence-corrected chi connectivity index (χ1v) is 20.5. The number of anilines is 3. The molecule has 0 saturated carbocycles. The molecule has 2 nitrogen and oxygen atoms in total. The summed E-state index contributed by atoms with van der Waals surface area (Å²) in [6, 6.07) is 84.9. The number of hydrogen-bond donors (Lipinski definition) is 0. The molecule has 11 aromatic rings. The molecule has 0 aliphatic heterocycles. The van der Waals surface area contributed by atoms with Gasteiger partial charge >= 0.3 is 0 Å². The van der Waals surface area contributed by atoms with Crippen molar-refractivity contribution >= 4 is 49.8 Å². The third-order valence-corrected chi connectivity index (χ3v) is 11.6. The SMILES string of the molecule is c1ccc(-c2cc(-c3ccccc3)cc(-c3ccc(N(c4ccc5c(c4)oc4ccccc45)c4ccccc4-c4cccc(-c5cccc6ccccc56)c4)cc3)c2)cc1. The van der Waals surface area contributed by atoms with Gasteiger partial charge in [0.15, 0.2) is 0 Å². The van der Waals surface area contributed by atoms with Crippen molar-refractivity contribution in [2.24, 2.45) is 0 Å². The van der Waals surface area contributed by atoms with Gasteiger partial charge in [-0.25, -0.2) is 0 Å². The Balaban J connectivity index is 1.06. The number of para-hydroxylation sites is 2. The first-order chi connectivity index (χ1) is 29.7. The molecular formula is C58H39NO. The Hall–Kier alpha value is -7.94. The third-order valence-electron chi connectivity index (χ3n) is 11.6. The summed E-state index contributed by atoms with van der Waals surface area (Å²) < 4.78 is 6.48. The maximum absolute atomic E-state index is 6.48. The molecule has 0 N–H and O–H groups in total. The zero-order valence-electron chi connectivity index (χ0n) is 32.9. The summed E-state index contributed by atoms with van der Waals surface area (Å²) in [5, 5.41) is 4.71. The van der Waals surface area contributed by atoms with E-state index in [4.69, 9.17) is 4.42 Å². The second-order valence-electron chi connectivity index (χ2n) is 15.3. The van der Waals surface area contributed by atoms with Gasteiger partial charge in [-0.1, -0.05) is 170 Å². The van der Waals surface area contributed by atoms with Crippen LogP contribution in [0.3, 0.4) is 0 Å². The summed E-state index contributed by atoms with van der Waals surface area (Å²) in [5.74, 6) is 0. The molecule has 0 saturated heterocycles. The van der Waals surface area contributed by atoms with Crippen LogP contribution in [0.1, 0.15) is 0 Å². The van der Waals surface area contributed by atoms with E-state index < -0.39 is 0 Å². The Kier molecular flexibility index (Phi) is 8.87. The smallest absolute Gasteiger partial charge is 0.137 e. The van der Waals surface area contributed by atoms with Crippen LogP contribution in [0.5, 0.6) is 0 Å². The van der Waals surface area contributed by atoms with Gasteiger partial charge in [0.1, 0.15) is 11.2 Å².